The summed E-state index contributed by atoms with van der Waals surface area (Å²) in [5, 5.41) is 3.60. The summed E-state index contributed by atoms with van der Waals surface area (Å²) in [6, 6.07) is 0.654. The molecule has 0 fully saturated rings. The Kier molecular flexibility index (Phi) is 6.38. The molecule has 0 unspecified atom stereocenters. The second-order valence-electron chi connectivity index (χ2n) is 5.47. The van der Waals surface area contributed by atoms with Crippen LogP contribution in [0.25, 0.3) is 0 Å². The molecular formula is C12H28N2. The number of nitrogens with one attached hydrogen (secondary N) is 1. The Bertz CT molecular complexity index is 141. The quantitative estimate of drug-likeness (QED) is 0.678. The van der Waals surface area contributed by atoms with E-state index in [0.717, 1.165) is 13.1 Å². The average molecular weight is 200 g/mol. The Morgan fingerprint density at radius 2 is 1.86 bits per heavy atom. The molecule has 0 aliphatic rings. The van der Waals surface area contributed by atoms with Crippen molar-refractivity contribution in [2.45, 2.75) is 46.6 Å². The van der Waals surface area contributed by atoms with Crippen molar-refractivity contribution in [3.05, 3.63) is 0 Å². The fraction of sp³-hybridized carbons (Fsp3) is 1.00. The van der Waals surface area contributed by atoms with Gasteiger partial charge < -0.3 is 10.2 Å². The van der Waals surface area contributed by atoms with Gasteiger partial charge in [-0.2, -0.15) is 0 Å². The zero-order valence-corrected chi connectivity index (χ0v) is 10.9. The van der Waals surface area contributed by atoms with E-state index in [1.54, 1.807) is 0 Å². The van der Waals surface area contributed by atoms with Crippen molar-refractivity contribution in [2.24, 2.45) is 5.41 Å². The predicted octanol–water partition coefficient (Wildman–Crippen LogP) is 2.35. The molecule has 0 radical (unpaired) electrons. The molecule has 0 rings (SSSR count). The SMILES string of the molecule is CCC[C@H](C)NCC(C)(C)CN(C)C. The Morgan fingerprint density at radius 1 is 1.29 bits per heavy atom. The maximum absolute atomic E-state index is 3.60. The first kappa shape index (κ1) is 13.9. The topological polar surface area (TPSA) is 15.3 Å². The first-order valence-corrected chi connectivity index (χ1v) is 5.75. The van der Waals surface area contributed by atoms with Crippen molar-refractivity contribution in [1.82, 2.24) is 10.2 Å². The van der Waals surface area contributed by atoms with Crippen LogP contribution in [0.4, 0.5) is 0 Å². The number of hydrogen-bond acceptors (Lipinski definition) is 2. The summed E-state index contributed by atoms with van der Waals surface area (Å²) in [7, 11) is 4.27. The molecule has 1 N–H and O–H groups in total. The zero-order chi connectivity index (χ0) is 11.2. The molecule has 0 saturated heterocycles. The van der Waals surface area contributed by atoms with E-state index in [2.05, 4.69) is 52.0 Å². The van der Waals surface area contributed by atoms with Gasteiger partial charge in [-0.15, -0.1) is 0 Å². The third-order valence-electron chi connectivity index (χ3n) is 2.40. The fourth-order valence-corrected chi connectivity index (χ4v) is 1.90. The lowest BCUT2D eigenvalue weighted by molar-refractivity contribution is 0.225. The Morgan fingerprint density at radius 3 is 2.29 bits per heavy atom. The van der Waals surface area contributed by atoms with Crippen LogP contribution < -0.4 is 5.32 Å². The number of hydrogen-bond donors (Lipinski definition) is 1. The van der Waals surface area contributed by atoms with Gasteiger partial charge in [0.15, 0.2) is 0 Å². The van der Waals surface area contributed by atoms with Gasteiger partial charge in [-0.25, -0.2) is 0 Å². The molecule has 0 aromatic carbocycles. The van der Waals surface area contributed by atoms with E-state index >= 15 is 0 Å². The van der Waals surface area contributed by atoms with Gasteiger partial charge in [-0.05, 0) is 32.9 Å². The molecule has 0 amide bonds. The van der Waals surface area contributed by atoms with Gasteiger partial charge in [0.05, 0.1) is 0 Å². The van der Waals surface area contributed by atoms with Crippen molar-refractivity contribution < 1.29 is 0 Å². The van der Waals surface area contributed by atoms with Crippen molar-refractivity contribution in [3.8, 4) is 0 Å². The monoisotopic (exact) mass is 200 g/mol. The average Bonchev–Trinajstić information content (AvgIpc) is 1.99. The largest absolute Gasteiger partial charge is 0.314 e. The molecule has 0 aromatic rings. The van der Waals surface area contributed by atoms with E-state index in [4.69, 9.17) is 0 Å². The van der Waals surface area contributed by atoms with Gasteiger partial charge in [-0.3, -0.25) is 0 Å². The molecule has 0 spiro atoms. The highest BCUT2D eigenvalue weighted by Crippen LogP contribution is 2.14. The van der Waals surface area contributed by atoms with Crippen LogP contribution in [-0.4, -0.2) is 38.1 Å². The summed E-state index contributed by atoms with van der Waals surface area (Å²) in [6.45, 7) is 11.4. The van der Waals surface area contributed by atoms with E-state index in [1.807, 2.05) is 0 Å². The van der Waals surface area contributed by atoms with E-state index in [-0.39, 0.29) is 0 Å². The third kappa shape index (κ3) is 7.34. The summed E-state index contributed by atoms with van der Waals surface area (Å²) in [6.07, 6.45) is 2.54. The van der Waals surface area contributed by atoms with Crippen molar-refractivity contribution in [3.63, 3.8) is 0 Å². The predicted molar refractivity (Wildman–Crippen MR) is 64.7 cm³/mol. The zero-order valence-electron chi connectivity index (χ0n) is 10.9. The molecule has 1 atom stereocenters. The molecule has 0 bridgehead atoms. The number of nitrogens with zero attached hydrogens (tertiary/aromatic N) is 1. The van der Waals surface area contributed by atoms with Crippen LogP contribution in [0.15, 0.2) is 0 Å². The van der Waals surface area contributed by atoms with Gasteiger partial charge in [0.25, 0.3) is 0 Å². The standard InChI is InChI=1S/C12H28N2/c1-7-8-11(2)13-9-12(3,4)10-14(5)6/h11,13H,7-10H2,1-6H3/t11-/m0/s1. The summed E-state index contributed by atoms with van der Waals surface area (Å²) in [5.74, 6) is 0. The van der Waals surface area contributed by atoms with Crippen LogP contribution in [0.3, 0.4) is 0 Å². The second-order valence-corrected chi connectivity index (χ2v) is 5.47. The lowest BCUT2D eigenvalue weighted by Crippen LogP contribution is -2.40. The minimum atomic E-state index is 0.367. The Hall–Kier alpha value is -0.0800. The highest BCUT2D eigenvalue weighted by molar-refractivity contribution is 4.75. The fourth-order valence-electron chi connectivity index (χ4n) is 1.90. The normalized spacial score (nSPS) is 14.8. The second kappa shape index (κ2) is 6.41. The summed E-state index contributed by atoms with van der Waals surface area (Å²) in [4.78, 5) is 2.26. The van der Waals surface area contributed by atoms with Crippen LogP contribution in [0.5, 0.6) is 0 Å². The minimum absolute atomic E-state index is 0.367. The molecule has 0 heterocycles. The molecule has 0 aromatic heterocycles. The lowest BCUT2D eigenvalue weighted by Gasteiger charge is -2.30. The van der Waals surface area contributed by atoms with E-state index in [0.29, 0.717) is 11.5 Å². The van der Waals surface area contributed by atoms with Crippen molar-refractivity contribution in [2.75, 3.05) is 27.2 Å². The highest BCUT2D eigenvalue weighted by Gasteiger charge is 2.18. The van der Waals surface area contributed by atoms with Crippen molar-refractivity contribution >= 4 is 0 Å². The van der Waals surface area contributed by atoms with Crippen LogP contribution in [0.2, 0.25) is 0 Å². The molecule has 0 aliphatic carbocycles. The maximum atomic E-state index is 3.60. The van der Waals surface area contributed by atoms with Gasteiger partial charge in [0.2, 0.25) is 0 Å². The van der Waals surface area contributed by atoms with Gasteiger partial charge >= 0.3 is 0 Å². The summed E-state index contributed by atoms with van der Waals surface area (Å²) in [5.41, 5.74) is 0.367. The summed E-state index contributed by atoms with van der Waals surface area (Å²) >= 11 is 0. The van der Waals surface area contributed by atoms with E-state index in [1.165, 1.54) is 12.8 Å². The molecule has 14 heavy (non-hydrogen) atoms. The summed E-state index contributed by atoms with van der Waals surface area (Å²) < 4.78 is 0. The lowest BCUT2D eigenvalue weighted by atomic mass is 9.92. The molecular weight excluding hydrogens is 172 g/mol. The van der Waals surface area contributed by atoms with Gasteiger partial charge in [-0.1, -0.05) is 27.2 Å². The van der Waals surface area contributed by atoms with E-state index < -0.39 is 0 Å². The molecule has 86 valence electrons. The van der Waals surface area contributed by atoms with Crippen LogP contribution in [0.1, 0.15) is 40.5 Å². The maximum Gasteiger partial charge on any atom is 0.00388 e. The van der Waals surface area contributed by atoms with Crippen LogP contribution in [0, 0.1) is 5.41 Å². The highest BCUT2D eigenvalue weighted by atomic mass is 15.1. The first-order chi connectivity index (χ1) is 6.37. The smallest absolute Gasteiger partial charge is 0.00388 e. The van der Waals surface area contributed by atoms with Crippen LogP contribution >= 0.6 is 0 Å². The van der Waals surface area contributed by atoms with E-state index in [9.17, 15) is 0 Å². The molecule has 2 nitrogen and oxygen atoms in total. The molecule has 0 aliphatic heterocycles. The molecule has 2 heteroatoms. The van der Waals surface area contributed by atoms with Crippen LogP contribution in [-0.2, 0) is 0 Å². The van der Waals surface area contributed by atoms with Gasteiger partial charge in [0, 0.05) is 19.1 Å². The minimum Gasteiger partial charge on any atom is -0.314 e. The van der Waals surface area contributed by atoms with Crippen molar-refractivity contribution in [1.29, 1.82) is 0 Å². The Labute approximate surface area is 90.1 Å². The first-order valence-electron chi connectivity index (χ1n) is 5.75. The van der Waals surface area contributed by atoms with Gasteiger partial charge in [0.1, 0.15) is 0 Å². The third-order valence-corrected chi connectivity index (χ3v) is 2.40. The number of rotatable bonds is 7. The molecule has 0 saturated carbocycles. The Balaban J connectivity index is 3.74.